The average Bonchev–Trinajstić information content (AvgIpc) is 2.38. The molecular weight excluding hydrogens is 234 g/mol. The van der Waals surface area contributed by atoms with Crippen LogP contribution < -0.4 is 0 Å². The predicted octanol–water partition coefficient (Wildman–Crippen LogP) is 3.13. The second-order valence-corrected chi connectivity index (χ2v) is 3.17. The molecule has 2 aromatic rings. The van der Waals surface area contributed by atoms with Crippen molar-refractivity contribution in [2.24, 2.45) is 4.99 Å². The number of para-hydroxylation sites is 1. The minimum absolute atomic E-state index is 0. The Morgan fingerprint density at radius 1 is 1.12 bits per heavy atom. The lowest BCUT2D eigenvalue weighted by atomic mass is 10.2. The van der Waals surface area contributed by atoms with E-state index in [1.54, 1.807) is 24.7 Å². The molecule has 1 heterocycles. The molecule has 0 amide bonds. The molecule has 0 spiro atoms. The maximum absolute atomic E-state index is 8.88. The van der Waals surface area contributed by atoms with Crippen molar-refractivity contribution in [3.8, 4) is 6.07 Å². The molecule has 84 valence electrons. The molecule has 0 atom stereocenters. The van der Waals surface area contributed by atoms with E-state index < -0.39 is 0 Å². The first-order valence-corrected chi connectivity index (χ1v) is 4.83. The van der Waals surface area contributed by atoms with Crippen molar-refractivity contribution in [2.45, 2.75) is 0 Å². The van der Waals surface area contributed by atoms with Gasteiger partial charge in [0.05, 0.1) is 11.3 Å². The zero-order valence-electron chi connectivity index (χ0n) is 8.95. The molecule has 0 N–H and O–H groups in total. The Bertz CT molecular complexity index is 544. The molecule has 1 aromatic heterocycles. The number of nitrogens with zero attached hydrogens (tertiary/aromatic N) is 3. The fraction of sp³-hybridized carbons (Fsp3) is 0. The van der Waals surface area contributed by atoms with Crippen LogP contribution in [-0.2, 0) is 0 Å². The molecule has 0 saturated heterocycles. The largest absolute Gasteiger partial charge is 0.265 e. The molecule has 2 rings (SSSR count). The zero-order chi connectivity index (χ0) is 11.2. The van der Waals surface area contributed by atoms with Gasteiger partial charge in [-0.05, 0) is 29.8 Å². The summed E-state index contributed by atoms with van der Waals surface area (Å²) in [6, 6.07) is 13.1. The van der Waals surface area contributed by atoms with E-state index in [1.165, 1.54) is 0 Å². The molecule has 0 fully saturated rings. The summed E-state index contributed by atoms with van der Waals surface area (Å²) in [4.78, 5) is 8.19. The Morgan fingerprint density at radius 3 is 2.53 bits per heavy atom. The Hall–Kier alpha value is -2.18. The van der Waals surface area contributed by atoms with E-state index in [-0.39, 0.29) is 12.4 Å². The fourth-order valence-corrected chi connectivity index (χ4v) is 1.27. The van der Waals surface area contributed by atoms with Crippen LogP contribution in [0.2, 0.25) is 0 Å². The third-order valence-electron chi connectivity index (χ3n) is 2.08. The van der Waals surface area contributed by atoms with Crippen LogP contribution in [0, 0.1) is 11.3 Å². The van der Waals surface area contributed by atoms with Crippen LogP contribution in [0.5, 0.6) is 0 Å². The number of hydrogen-bond acceptors (Lipinski definition) is 3. The number of halogens is 1. The van der Waals surface area contributed by atoms with Gasteiger partial charge in [0.25, 0.3) is 0 Å². The van der Waals surface area contributed by atoms with Crippen LogP contribution in [0.25, 0.3) is 0 Å². The SMILES string of the molecule is Cl.N#Cc1ccccc1N=Cc1ccncc1. The van der Waals surface area contributed by atoms with E-state index >= 15 is 0 Å². The highest BCUT2D eigenvalue weighted by Gasteiger charge is 1.96. The van der Waals surface area contributed by atoms with E-state index in [0.29, 0.717) is 11.3 Å². The number of rotatable bonds is 2. The van der Waals surface area contributed by atoms with Crippen molar-refractivity contribution in [3.63, 3.8) is 0 Å². The van der Waals surface area contributed by atoms with Crippen LogP contribution in [0.15, 0.2) is 53.8 Å². The number of aromatic nitrogens is 1. The Balaban J connectivity index is 0.00000144. The first-order valence-electron chi connectivity index (χ1n) is 4.83. The summed E-state index contributed by atoms with van der Waals surface area (Å²) in [5.41, 5.74) is 2.22. The van der Waals surface area contributed by atoms with Gasteiger partial charge in [0.1, 0.15) is 6.07 Å². The van der Waals surface area contributed by atoms with Gasteiger partial charge in [0, 0.05) is 18.6 Å². The number of hydrogen-bond donors (Lipinski definition) is 0. The molecule has 0 unspecified atom stereocenters. The lowest BCUT2D eigenvalue weighted by Gasteiger charge is -1.95. The van der Waals surface area contributed by atoms with Gasteiger partial charge in [-0.3, -0.25) is 9.98 Å². The second-order valence-electron chi connectivity index (χ2n) is 3.17. The van der Waals surface area contributed by atoms with Crippen LogP contribution in [0.3, 0.4) is 0 Å². The second kappa shape index (κ2) is 6.41. The molecule has 3 nitrogen and oxygen atoms in total. The zero-order valence-corrected chi connectivity index (χ0v) is 9.76. The van der Waals surface area contributed by atoms with E-state index in [2.05, 4.69) is 16.0 Å². The maximum Gasteiger partial charge on any atom is 0.101 e. The normalized spacial score (nSPS) is 9.59. The highest BCUT2D eigenvalue weighted by molar-refractivity contribution is 5.85. The van der Waals surface area contributed by atoms with Gasteiger partial charge >= 0.3 is 0 Å². The number of benzene rings is 1. The van der Waals surface area contributed by atoms with Crippen molar-refractivity contribution in [2.75, 3.05) is 0 Å². The highest BCUT2D eigenvalue weighted by atomic mass is 35.5. The van der Waals surface area contributed by atoms with E-state index in [1.807, 2.05) is 30.3 Å². The molecule has 0 bridgehead atoms. The van der Waals surface area contributed by atoms with Crippen LogP contribution in [0.1, 0.15) is 11.1 Å². The van der Waals surface area contributed by atoms with Gasteiger partial charge in [-0.1, -0.05) is 12.1 Å². The molecule has 0 aliphatic carbocycles. The molecule has 0 saturated carbocycles. The molecule has 1 aromatic carbocycles. The summed E-state index contributed by atoms with van der Waals surface area (Å²) < 4.78 is 0. The quantitative estimate of drug-likeness (QED) is 0.761. The lowest BCUT2D eigenvalue weighted by Crippen LogP contribution is -1.81. The smallest absolute Gasteiger partial charge is 0.101 e. The molecule has 0 radical (unpaired) electrons. The van der Waals surface area contributed by atoms with Crippen molar-refractivity contribution in [1.82, 2.24) is 4.98 Å². The molecule has 0 aliphatic heterocycles. The highest BCUT2D eigenvalue weighted by Crippen LogP contribution is 2.16. The standard InChI is InChI=1S/C13H9N3.ClH/c14-9-12-3-1-2-4-13(12)16-10-11-5-7-15-8-6-11;/h1-8,10H;1H. The topological polar surface area (TPSA) is 49.0 Å². The minimum atomic E-state index is 0. The Kier molecular flexibility index (Phi) is 4.86. The van der Waals surface area contributed by atoms with Crippen molar-refractivity contribution < 1.29 is 0 Å². The van der Waals surface area contributed by atoms with Crippen molar-refractivity contribution >= 4 is 24.3 Å². The number of aliphatic imine (C=N–C) groups is 1. The van der Waals surface area contributed by atoms with Gasteiger partial charge in [0.15, 0.2) is 0 Å². The first kappa shape index (κ1) is 12.9. The van der Waals surface area contributed by atoms with Crippen LogP contribution in [0.4, 0.5) is 5.69 Å². The third kappa shape index (κ3) is 3.40. The minimum Gasteiger partial charge on any atom is -0.265 e. The summed E-state index contributed by atoms with van der Waals surface area (Å²) in [6.45, 7) is 0. The summed E-state index contributed by atoms with van der Waals surface area (Å²) in [6.07, 6.45) is 5.13. The number of pyridine rings is 1. The van der Waals surface area contributed by atoms with Gasteiger partial charge in [-0.25, -0.2) is 0 Å². The Morgan fingerprint density at radius 2 is 1.82 bits per heavy atom. The van der Waals surface area contributed by atoms with Crippen molar-refractivity contribution in [3.05, 3.63) is 59.9 Å². The molecular formula is C13H10ClN3. The number of nitriles is 1. The first-order chi connectivity index (χ1) is 7.90. The van der Waals surface area contributed by atoms with Gasteiger partial charge < -0.3 is 0 Å². The van der Waals surface area contributed by atoms with E-state index in [4.69, 9.17) is 5.26 Å². The van der Waals surface area contributed by atoms with E-state index in [0.717, 1.165) is 5.56 Å². The van der Waals surface area contributed by atoms with Gasteiger partial charge in [0.2, 0.25) is 0 Å². The van der Waals surface area contributed by atoms with Gasteiger partial charge in [-0.15, -0.1) is 12.4 Å². The summed E-state index contributed by atoms with van der Waals surface area (Å²) in [7, 11) is 0. The van der Waals surface area contributed by atoms with Crippen molar-refractivity contribution in [1.29, 1.82) is 5.26 Å². The van der Waals surface area contributed by atoms with E-state index in [9.17, 15) is 0 Å². The van der Waals surface area contributed by atoms with Crippen LogP contribution in [-0.4, -0.2) is 11.2 Å². The van der Waals surface area contributed by atoms with Crippen LogP contribution >= 0.6 is 12.4 Å². The van der Waals surface area contributed by atoms with Gasteiger partial charge in [-0.2, -0.15) is 5.26 Å². The molecule has 4 heteroatoms. The maximum atomic E-state index is 8.88. The summed E-state index contributed by atoms with van der Waals surface area (Å²) >= 11 is 0. The Labute approximate surface area is 106 Å². The molecule has 0 aliphatic rings. The average molecular weight is 244 g/mol. The summed E-state index contributed by atoms with van der Waals surface area (Å²) in [5.74, 6) is 0. The fourth-order valence-electron chi connectivity index (χ4n) is 1.27. The predicted molar refractivity (Wildman–Crippen MR) is 69.9 cm³/mol. The molecule has 17 heavy (non-hydrogen) atoms. The summed E-state index contributed by atoms with van der Waals surface area (Å²) in [5, 5.41) is 8.88. The third-order valence-corrected chi connectivity index (χ3v) is 2.08. The monoisotopic (exact) mass is 243 g/mol. The lowest BCUT2D eigenvalue weighted by molar-refractivity contribution is 1.32.